The Bertz CT molecular complexity index is 4860. The van der Waals surface area contributed by atoms with E-state index in [-0.39, 0.29) is 23.0 Å². The van der Waals surface area contributed by atoms with Crippen molar-refractivity contribution in [1.29, 1.82) is 0 Å². The molecule has 0 bridgehead atoms. The van der Waals surface area contributed by atoms with E-state index in [2.05, 4.69) is 328 Å². The Balaban J connectivity index is 1.07. The molecule has 2 aromatic heterocycles. The number of nitrogens with zero attached hydrogens (tertiary/aromatic N) is 4. The van der Waals surface area contributed by atoms with Gasteiger partial charge in [-0.2, -0.15) is 0 Å². The maximum absolute atomic E-state index is 7.44. The summed E-state index contributed by atoms with van der Waals surface area (Å²) in [6, 6.07) is 81.7. The summed E-state index contributed by atoms with van der Waals surface area (Å²) in [7, 11) is 0. The van der Waals surface area contributed by atoms with Gasteiger partial charge >= 0.3 is 0 Å². The van der Waals surface area contributed by atoms with E-state index in [1.807, 2.05) is 0 Å². The number of rotatable bonds is 8. The molecule has 0 N–H and O–H groups in total. The van der Waals surface area contributed by atoms with Gasteiger partial charge in [-0.3, -0.25) is 0 Å². The van der Waals surface area contributed by atoms with Crippen LogP contribution >= 0.6 is 0 Å². The highest BCUT2D eigenvalue weighted by Gasteiger charge is 2.46. The van der Waals surface area contributed by atoms with E-state index in [0.717, 1.165) is 112 Å². The van der Waals surface area contributed by atoms with Gasteiger partial charge < -0.3 is 28.4 Å². The highest BCUT2D eigenvalue weighted by Crippen LogP contribution is 2.54. The van der Waals surface area contributed by atoms with Gasteiger partial charge in [-0.1, -0.05) is 194 Å². The molecule has 0 saturated heterocycles. The minimum absolute atomic E-state index is 0.146. The Kier molecular flexibility index (Phi) is 12.8. The van der Waals surface area contributed by atoms with E-state index in [1.165, 1.54) is 55.3 Å². The van der Waals surface area contributed by atoms with Crippen LogP contribution in [0.1, 0.15) is 101 Å². The summed E-state index contributed by atoms with van der Waals surface area (Å²) in [5.41, 5.74) is 27.9. The Morgan fingerprint density at radius 1 is 0.326 bits per heavy atom. The zero-order chi connectivity index (χ0) is 61.6. The number of anilines is 12. The van der Waals surface area contributed by atoms with Crippen LogP contribution in [0.4, 0.5) is 68.2 Å². The van der Waals surface area contributed by atoms with Crippen molar-refractivity contribution >= 4 is 135 Å². The fraction of sp³-hybridized carbons (Fsp3) is 0.195. The molecular formula is C82H75BN4O2. The molecule has 2 aliphatic heterocycles. The Labute approximate surface area is 524 Å². The van der Waals surface area contributed by atoms with Gasteiger partial charge in [0, 0.05) is 67.3 Å². The number of benzene rings is 11. The van der Waals surface area contributed by atoms with E-state index < -0.39 is 0 Å². The molecule has 0 radical (unpaired) electrons. The van der Waals surface area contributed by atoms with Crippen molar-refractivity contribution in [2.75, 3.05) is 19.6 Å². The van der Waals surface area contributed by atoms with Crippen LogP contribution in [-0.4, -0.2) is 6.71 Å². The first-order valence-corrected chi connectivity index (χ1v) is 31.5. The van der Waals surface area contributed by atoms with Gasteiger partial charge in [-0.25, -0.2) is 0 Å². The number of furan rings is 2. The molecule has 0 saturated carbocycles. The van der Waals surface area contributed by atoms with E-state index in [0.29, 0.717) is 0 Å². The third-order valence-corrected chi connectivity index (χ3v) is 18.7. The lowest BCUT2D eigenvalue weighted by Crippen LogP contribution is -2.61. The van der Waals surface area contributed by atoms with Crippen molar-refractivity contribution in [3.8, 4) is 0 Å². The van der Waals surface area contributed by atoms with Crippen LogP contribution in [0.25, 0.3) is 43.9 Å². The van der Waals surface area contributed by atoms with Gasteiger partial charge in [0.05, 0.1) is 22.4 Å². The van der Waals surface area contributed by atoms with Crippen molar-refractivity contribution in [3.05, 3.63) is 257 Å². The first kappa shape index (κ1) is 55.8. The summed E-state index contributed by atoms with van der Waals surface area (Å²) in [5, 5.41) is 4.22. The van der Waals surface area contributed by atoms with Crippen LogP contribution in [0.5, 0.6) is 0 Å². The van der Waals surface area contributed by atoms with Crippen LogP contribution in [0.3, 0.4) is 0 Å². The van der Waals surface area contributed by atoms with Gasteiger partial charge in [0.1, 0.15) is 11.2 Å². The maximum atomic E-state index is 7.44. The van der Waals surface area contributed by atoms with Gasteiger partial charge in [0.2, 0.25) is 0 Å². The van der Waals surface area contributed by atoms with Crippen LogP contribution in [0.2, 0.25) is 0 Å². The molecule has 11 aromatic carbocycles. The van der Waals surface area contributed by atoms with Crippen LogP contribution in [0, 0.1) is 27.7 Å². The molecule has 2 aliphatic rings. The smallest absolute Gasteiger partial charge is 0.252 e. The molecule has 7 heteroatoms. The molecule has 13 aromatic rings. The molecule has 15 rings (SSSR count). The third-order valence-electron chi connectivity index (χ3n) is 18.7. The zero-order valence-electron chi connectivity index (χ0n) is 53.5. The van der Waals surface area contributed by atoms with Crippen molar-refractivity contribution in [2.45, 2.75) is 106 Å². The molecule has 4 heterocycles. The van der Waals surface area contributed by atoms with Gasteiger partial charge in [0.25, 0.3) is 6.71 Å². The normalized spacial score (nSPS) is 13.2. The van der Waals surface area contributed by atoms with Crippen molar-refractivity contribution in [3.63, 3.8) is 0 Å². The van der Waals surface area contributed by atoms with Gasteiger partial charge in [0.15, 0.2) is 11.2 Å². The first-order chi connectivity index (χ1) is 42.7. The minimum atomic E-state index is -0.281. The number of aryl methyl sites for hydroxylation is 4. The topological polar surface area (TPSA) is 39.2 Å². The molecule has 6 nitrogen and oxygen atoms in total. The second-order valence-corrected chi connectivity index (χ2v) is 28.2. The average Bonchev–Trinajstić information content (AvgIpc) is 1.23. The molecule has 0 atom stereocenters. The maximum Gasteiger partial charge on any atom is 0.252 e. The van der Waals surface area contributed by atoms with E-state index in [4.69, 9.17) is 8.83 Å². The molecule has 0 amide bonds. The first-order valence-electron chi connectivity index (χ1n) is 31.5. The lowest BCUT2D eigenvalue weighted by atomic mass is 9.33. The van der Waals surface area contributed by atoms with Crippen molar-refractivity contribution < 1.29 is 8.83 Å². The molecule has 0 spiro atoms. The molecule has 0 fully saturated rings. The number of hydrogen-bond acceptors (Lipinski definition) is 6. The molecule has 0 aliphatic carbocycles. The van der Waals surface area contributed by atoms with Gasteiger partial charge in [-0.05, 0) is 186 Å². The third kappa shape index (κ3) is 9.30. The summed E-state index contributed by atoms with van der Waals surface area (Å²) in [6.07, 6.45) is 0. The predicted molar refractivity (Wildman–Crippen MR) is 379 cm³/mol. The Hall–Kier alpha value is -9.72. The number of hydrogen-bond donors (Lipinski definition) is 0. The van der Waals surface area contributed by atoms with Crippen molar-refractivity contribution in [2.24, 2.45) is 0 Å². The van der Waals surface area contributed by atoms with Crippen molar-refractivity contribution in [1.82, 2.24) is 0 Å². The Morgan fingerprint density at radius 3 is 1.22 bits per heavy atom. The molecular weight excluding hydrogens is 1080 g/mol. The SMILES string of the molecule is Cc1ccc(N(c2ccc(C)cc2)c2cc(N3c4ccc(C(C)(C)C)cc4B4c5cc(C(C)(C)C)ccc5N(c5ccc(N(c6ccc(C)cc6)c6ccc(C)cc6)c6c5oc5ccccc56)c5cc(C(C)(C)C)cc3c54)c3oc4ccccc4c3c2)cc1. The summed E-state index contributed by atoms with van der Waals surface area (Å²) >= 11 is 0. The second-order valence-electron chi connectivity index (χ2n) is 28.2. The quantitative estimate of drug-likeness (QED) is 0.141. The van der Waals surface area contributed by atoms with Crippen LogP contribution in [0.15, 0.2) is 227 Å². The number of para-hydroxylation sites is 2. The average molecular weight is 1160 g/mol. The monoisotopic (exact) mass is 1160 g/mol. The lowest BCUT2D eigenvalue weighted by molar-refractivity contribution is 0.589. The minimum Gasteiger partial charge on any atom is -0.454 e. The highest BCUT2D eigenvalue weighted by molar-refractivity contribution is 7.00. The molecule has 89 heavy (non-hydrogen) atoms. The second kappa shape index (κ2) is 20.4. The summed E-state index contributed by atoms with van der Waals surface area (Å²) < 4.78 is 14.8. The van der Waals surface area contributed by atoms with Crippen LogP contribution < -0.4 is 36.0 Å². The zero-order valence-corrected chi connectivity index (χ0v) is 53.5. The lowest BCUT2D eigenvalue weighted by Gasteiger charge is -2.45. The highest BCUT2D eigenvalue weighted by atomic mass is 16.3. The van der Waals surface area contributed by atoms with E-state index >= 15 is 0 Å². The predicted octanol–water partition coefficient (Wildman–Crippen LogP) is 21.6. The van der Waals surface area contributed by atoms with Gasteiger partial charge in [-0.15, -0.1) is 0 Å². The summed E-state index contributed by atoms with van der Waals surface area (Å²) in [4.78, 5) is 9.94. The standard InChI is InChI=1S/C82H75BN4O2/c1-50-22-32-57(33-23-50)84(58-34-24-51(2)25-35-58)61-48-64-62-18-14-16-20-74(62)88-78(64)73(49-61)87-68-41-31-55(81(8,9)10)45-66(68)83-65-44-54(80(5,6)7)30-40-67(65)86(71-46-56(82(11,12)13)47-72(87)77(71)83)70-43-42-69(76-63-19-15-17-21-75(63)89-79(70)76)85(59-36-26-52(3)27-37-59)60-38-28-53(4)29-39-60/h14-49H,1-13H3. The largest absolute Gasteiger partial charge is 0.454 e. The molecule has 0 unspecified atom stereocenters. The Morgan fingerprint density at radius 2 is 0.742 bits per heavy atom. The van der Waals surface area contributed by atoms with Crippen LogP contribution in [-0.2, 0) is 16.2 Å². The molecule has 438 valence electrons. The number of fused-ring (bicyclic) bond motifs is 10. The van der Waals surface area contributed by atoms with E-state index in [9.17, 15) is 0 Å². The summed E-state index contributed by atoms with van der Waals surface area (Å²) in [5.74, 6) is 0. The fourth-order valence-corrected chi connectivity index (χ4v) is 13.8. The van der Waals surface area contributed by atoms with E-state index in [1.54, 1.807) is 0 Å². The summed E-state index contributed by atoms with van der Waals surface area (Å²) in [6.45, 7) is 29.5. The fourth-order valence-electron chi connectivity index (χ4n) is 13.8.